The second kappa shape index (κ2) is 6.08. The van der Waals surface area contributed by atoms with E-state index in [1.807, 2.05) is 0 Å². The van der Waals surface area contributed by atoms with E-state index in [-0.39, 0.29) is 0 Å². The van der Waals surface area contributed by atoms with Gasteiger partial charge in [0.25, 0.3) is 0 Å². The van der Waals surface area contributed by atoms with Gasteiger partial charge in [-0.15, -0.1) is 0 Å². The number of hydrogen-bond donors (Lipinski definition) is 0. The Balaban J connectivity index is 1.93. The Morgan fingerprint density at radius 2 is 0.778 bits per heavy atom. The van der Waals surface area contributed by atoms with Crippen LogP contribution < -0.4 is 0 Å². The number of rotatable bonds is 0. The van der Waals surface area contributed by atoms with Crippen LogP contribution >= 0.6 is 0 Å². The molecule has 0 spiro atoms. The van der Waals surface area contributed by atoms with Gasteiger partial charge in [-0.05, 0) is 76.9 Å². The highest BCUT2D eigenvalue weighted by molar-refractivity contribution is 5.26. The SMILES string of the molecule is [2H]C1([2H])CCCC([2H])([2H])C1=C1CCC(=C2C([2H])([2H])CCCC2([2H])[2H])CC1. The fourth-order valence-corrected chi connectivity index (χ4v) is 3.01. The van der Waals surface area contributed by atoms with Crippen molar-refractivity contribution in [3.05, 3.63) is 22.3 Å². The molecule has 0 unspecified atom stereocenters. The van der Waals surface area contributed by atoms with E-state index in [0.29, 0.717) is 75.4 Å². The van der Waals surface area contributed by atoms with Crippen molar-refractivity contribution in [3.63, 3.8) is 0 Å². The van der Waals surface area contributed by atoms with E-state index in [2.05, 4.69) is 0 Å². The monoisotopic (exact) mass is 252 g/mol. The van der Waals surface area contributed by atoms with Crippen LogP contribution in [-0.4, -0.2) is 0 Å². The van der Waals surface area contributed by atoms with Crippen LogP contribution in [0.1, 0.15) is 101 Å². The van der Waals surface area contributed by atoms with E-state index in [9.17, 15) is 0 Å². The average molecular weight is 252 g/mol. The lowest BCUT2D eigenvalue weighted by molar-refractivity contribution is 0.561. The molecule has 0 N–H and O–H groups in total. The van der Waals surface area contributed by atoms with Gasteiger partial charge in [-0.3, -0.25) is 0 Å². The number of hydrogen-bond acceptors (Lipinski definition) is 0. The minimum Gasteiger partial charge on any atom is -0.0710 e. The first-order valence-corrected chi connectivity index (χ1v) is 7.33. The summed E-state index contributed by atoms with van der Waals surface area (Å²) in [5.41, 5.74) is 2.30. The molecule has 3 rings (SSSR count). The largest absolute Gasteiger partial charge is 0.0710 e. The molecule has 0 saturated heterocycles. The Hall–Kier alpha value is -0.520. The summed E-state index contributed by atoms with van der Waals surface area (Å²) in [4.78, 5) is 0. The van der Waals surface area contributed by atoms with Crippen molar-refractivity contribution in [1.82, 2.24) is 0 Å². The maximum atomic E-state index is 8.28. The fourth-order valence-electron chi connectivity index (χ4n) is 3.01. The highest BCUT2D eigenvalue weighted by Gasteiger charge is 2.19. The molecule has 18 heavy (non-hydrogen) atoms. The summed E-state index contributed by atoms with van der Waals surface area (Å²) in [5, 5.41) is 0. The van der Waals surface area contributed by atoms with Crippen LogP contribution in [0.3, 0.4) is 0 Å². The summed E-state index contributed by atoms with van der Waals surface area (Å²) < 4.78 is 66.3. The average Bonchev–Trinajstić information content (AvgIpc) is 2.45. The van der Waals surface area contributed by atoms with E-state index >= 15 is 0 Å². The van der Waals surface area contributed by atoms with Gasteiger partial charge in [0.1, 0.15) is 0 Å². The summed E-state index contributed by atoms with van der Waals surface area (Å²) in [6, 6.07) is 0. The Morgan fingerprint density at radius 3 is 1.11 bits per heavy atom. The molecule has 3 aliphatic rings. The molecule has 3 aliphatic carbocycles. The molecule has 0 amide bonds. The fraction of sp³-hybridized carbons (Fsp3) is 0.778. The molecule has 0 aromatic rings. The lowest BCUT2D eigenvalue weighted by atomic mass is 9.79. The molecular formula is C18H28. The van der Waals surface area contributed by atoms with Gasteiger partial charge < -0.3 is 0 Å². The van der Waals surface area contributed by atoms with Crippen molar-refractivity contribution in [1.29, 1.82) is 0 Å². The van der Waals surface area contributed by atoms with Crippen molar-refractivity contribution in [2.45, 2.75) is 89.7 Å². The van der Waals surface area contributed by atoms with E-state index < -0.39 is 25.5 Å². The van der Waals surface area contributed by atoms with Gasteiger partial charge in [0, 0.05) is 11.0 Å². The minimum atomic E-state index is -1.62. The minimum absolute atomic E-state index is 0.315. The maximum Gasteiger partial charge on any atom is 0.0313 e. The molecule has 0 atom stereocenters. The van der Waals surface area contributed by atoms with Crippen LogP contribution in [0.5, 0.6) is 0 Å². The Morgan fingerprint density at radius 1 is 0.444 bits per heavy atom. The van der Waals surface area contributed by atoms with Crippen LogP contribution in [0.25, 0.3) is 0 Å². The molecule has 0 bridgehead atoms. The van der Waals surface area contributed by atoms with E-state index in [1.165, 1.54) is 0 Å². The molecule has 0 heterocycles. The highest BCUT2D eigenvalue weighted by Crippen LogP contribution is 2.38. The van der Waals surface area contributed by atoms with Crippen molar-refractivity contribution >= 4 is 0 Å². The lowest BCUT2D eigenvalue weighted by Gasteiger charge is -2.27. The second-order valence-corrected chi connectivity index (χ2v) is 5.37. The normalized spacial score (nSPS) is 44.4. The van der Waals surface area contributed by atoms with Crippen molar-refractivity contribution in [3.8, 4) is 0 Å². The third-order valence-corrected chi connectivity index (χ3v) is 4.08. The van der Waals surface area contributed by atoms with Gasteiger partial charge >= 0.3 is 0 Å². The van der Waals surface area contributed by atoms with Crippen LogP contribution in [-0.2, 0) is 0 Å². The highest BCUT2D eigenvalue weighted by atomic mass is 14.2. The topological polar surface area (TPSA) is 0 Å². The van der Waals surface area contributed by atoms with Crippen LogP contribution in [0, 0.1) is 0 Å². The van der Waals surface area contributed by atoms with Gasteiger partial charge in [-0.25, -0.2) is 0 Å². The molecule has 0 aromatic carbocycles. The van der Waals surface area contributed by atoms with E-state index in [4.69, 9.17) is 11.0 Å². The molecular weight excluding hydrogens is 216 g/mol. The standard InChI is InChI=1S/C18H28/c1-3-7-15(8-4-1)17-11-13-18(14-12-17)16-9-5-2-6-10-16/h1-14H2/i7D2,8D2,9D2,10D2. The summed E-state index contributed by atoms with van der Waals surface area (Å²) in [7, 11) is 0. The molecule has 0 radical (unpaired) electrons. The summed E-state index contributed by atoms with van der Waals surface area (Å²) in [6.07, 6.45) is -1.91. The van der Waals surface area contributed by atoms with Crippen molar-refractivity contribution in [2.75, 3.05) is 0 Å². The van der Waals surface area contributed by atoms with Crippen molar-refractivity contribution in [2.24, 2.45) is 0 Å². The van der Waals surface area contributed by atoms with E-state index in [1.54, 1.807) is 0 Å². The zero-order valence-corrected chi connectivity index (χ0v) is 11.1. The first-order chi connectivity index (χ1) is 11.9. The van der Waals surface area contributed by atoms with Gasteiger partial charge in [0.15, 0.2) is 0 Å². The summed E-state index contributed by atoms with van der Waals surface area (Å²) in [5.74, 6) is 0. The van der Waals surface area contributed by atoms with Gasteiger partial charge in [0.05, 0.1) is 0 Å². The number of allylic oxidation sites excluding steroid dienone is 4. The molecule has 3 saturated carbocycles. The predicted molar refractivity (Wildman–Crippen MR) is 78.7 cm³/mol. The first kappa shape index (κ1) is 6.29. The molecule has 0 nitrogen and oxygen atoms in total. The van der Waals surface area contributed by atoms with Gasteiger partial charge in [0.2, 0.25) is 0 Å². The van der Waals surface area contributed by atoms with Crippen LogP contribution in [0.15, 0.2) is 22.3 Å². The van der Waals surface area contributed by atoms with Gasteiger partial charge in [-0.1, -0.05) is 35.1 Å². The zero-order valence-electron chi connectivity index (χ0n) is 19.1. The molecule has 0 aliphatic heterocycles. The quantitative estimate of drug-likeness (QED) is 0.458. The predicted octanol–water partition coefficient (Wildman–Crippen LogP) is 6.08. The van der Waals surface area contributed by atoms with Crippen molar-refractivity contribution < 1.29 is 11.0 Å². The smallest absolute Gasteiger partial charge is 0.0313 e. The third kappa shape index (κ3) is 2.90. The molecule has 100 valence electrons. The molecule has 0 heteroatoms. The summed E-state index contributed by atoms with van der Waals surface area (Å²) in [6.45, 7) is 0. The lowest BCUT2D eigenvalue weighted by Crippen LogP contribution is -2.07. The molecule has 0 aromatic heterocycles. The van der Waals surface area contributed by atoms with E-state index in [0.717, 1.165) is 11.1 Å². The maximum absolute atomic E-state index is 8.28. The molecule has 3 fully saturated rings. The Labute approximate surface area is 124 Å². The zero-order chi connectivity index (χ0) is 19.4. The van der Waals surface area contributed by atoms with Gasteiger partial charge in [-0.2, -0.15) is 0 Å². The Bertz CT molecular complexity index is 538. The van der Waals surface area contributed by atoms with Crippen LogP contribution in [0.4, 0.5) is 0 Å². The Kier molecular flexibility index (Phi) is 2.12. The summed E-state index contributed by atoms with van der Waals surface area (Å²) >= 11 is 0. The third-order valence-electron chi connectivity index (χ3n) is 4.08. The second-order valence-electron chi connectivity index (χ2n) is 5.37. The first-order valence-electron chi connectivity index (χ1n) is 11.3. The van der Waals surface area contributed by atoms with Crippen LogP contribution in [0.2, 0.25) is 0 Å².